The number of nitrogens with zero attached hydrogens (tertiary/aromatic N) is 3. The van der Waals surface area contributed by atoms with E-state index in [0.29, 0.717) is 28.4 Å². The van der Waals surface area contributed by atoms with Crippen LogP contribution in [0.15, 0.2) is 0 Å². The summed E-state index contributed by atoms with van der Waals surface area (Å²) in [6.07, 6.45) is 6.66. The van der Waals surface area contributed by atoms with E-state index in [1.165, 1.54) is 11.3 Å². The second-order valence-electron chi connectivity index (χ2n) is 7.76. The van der Waals surface area contributed by atoms with E-state index in [2.05, 4.69) is 9.88 Å². The number of carbonyl (C=O) groups is 2. The maximum Gasteiger partial charge on any atom is 0.265 e. The van der Waals surface area contributed by atoms with Gasteiger partial charge in [-0.05, 0) is 38.5 Å². The molecule has 1 atom stereocenters. The lowest BCUT2D eigenvalue weighted by Crippen LogP contribution is -2.55. The Bertz CT molecular complexity index is 699. The Morgan fingerprint density at radius 3 is 2.88 bits per heavy atom. The van der Waals surface area contributed by atoms with Crippen molar-refractivity contribution in [2.45, 2.75) is 57.9 Å². The molecule has 0 radical (unpaired) electrons. The van der Waals surface area contributed by atoms with Crippen molar-refractivity contribution in [1.82, 2.24) is 14.8 Å². The van der Waals surface area contributed by atoms with Crippen LogP contribution < -0.4 is 5.73 Å². The Hall–Kier alpha value is -1.63. The highest BCUT2D eigenvalue weighted by atomic mass is 32.1. The topological polar surface area (TPSA) is 79.5 Å². The van der Waals surface area contributed by atoms with E-state index in [0.717, 1.165) is 63.9 Å². The largest absolute Gasteiger partial charge is 0.375 e. The normalized spacial score (nSPS) is 27.2. The Morgan fingerprint density at radius 1 is 1.36 bits per heavy atom. The Labute approximate surface area is 152 Å². The molecule has 25 heavy (non-hydrogen) atoms. The maximum absolute atomic E-state index is 13.1. The monoisotopic (exact) mass is 362 g/mol. The molecule has 2 aliphatic heterocycles. The second kappa shape index (κ2) is 6.27. The summed E-state index contributed by atoms with van der Waals surface area (Å²) >= 11 is 1.30. The van der Waals surface area contributed by atoms with Gasteiger partial charge in [0.15, 0.2) is 5.13 Å². The van der Waals surface area contributed by atoms with Gasteiger partial charge in [-0.2, -0.15) is 0 Å². The lowest BCUT2D eigenvalue weighted by molar-refractivity contribution is -0.139. The third-order valence-corrected chi connectivity index (χ3v) is 6.79. The lowest BCUT2D eigenvalue weighted by Gasteiger charge is -2.48. The number of nitrogen functional groups attached to an aromatic ring is 1. The summed E-state index contributed by atoms with van der Waals surface area (Å²) < 4.78 is 0. The summed E-state index contributed by atoms with van der Waals surface area (Å²) in [6.45, 7) is 4.37. The molecule has 7 heteroatoms. The zero-order chi connectivity index (χ0) is 17.6. The van der Waals surface area contributed by atoms with Crippen LogP contribution in [0.3, 0.4) is 0 Å². The predicted octanol–water partition coefficient (Wildman–Crippen LogP) is 2.29. The number of hydrogen-bond donors (Lipinski definition) is 1. The molecular formula is C18H26N4O2S. The SMILES string of the molecule is CCc1nc(N)sc1C(=O)N1CCC[C@]2(CCC(=O)N(C3CC3)C2)C1. The van der Waals surface area contributed by atoms with Gasteiger partial charge in [-0.3, -0.25) is 9.59 Å². The van der Waals surface area contributed by atoms with Gasteiger partial charge in [0.25, 0.3) is 5.91 Å². The van der Waals surface area contributed by atoms with E-state index in [4.69, 9.17) is 5.73 Å². The van der Waals surface area contributed by atoms with Crippen molar-refractivity contribution in [1.29, 1.82) is 0 Å². The highest BCUT2D eigenvalue weighted by Crippen LogP contribution is 2.42. The lowest BCUT2D eigenvalue weighted by atomic mass is 9.73. The van der Waals surface area contributed by atoms with Gasteiger partial charge < -0.3 is 15.5 Å². The average molecular weight is 362 g/mol. The van der Waals surface area contributed by atoms with Crippen molar-refractivity contribution in [3.63, 3.8) is 0 Å². The smallest absolute Gasteiger partial charge is 0.265 e. The van der Waals surface area contributed by atoms with Crippen LogP contribution in [0.4, 0.5) is 5.13 Å². The fourth-order valence-corrected chi connectivity index (χ4v) is 5.29. The molecule has 3 fully saturated rings. The number of rotatable bonds is 3. The van der Waals surface area contributed by atoms with Gasteiger partial charge in [0, 0.05) is 37.5 Å². The van der Waals surface area contributed by atoms with Gasteiger partial charge in [-0.1, -0.05) is 18.3 Å². The second-order valence-corrected chi connectivity index (χ2v) is 8.80. The van der Waals surface area contributed by atoms with Crippen LogP contribution in [0.2, 0.25) is 0 Å². The third kappa shape index (κ3) is 3.14. The first-order chi connectivity index (χ1) is 12.0. The summed E-state index contributed by atoms with van der Waals surface area (Å²) in [4.78, 5) is 34.4. The highest BCUT2D eigenvalue weighted by Gasteiger charge is 2.46. The van der Waals surface area contributed by atoms with Crippen LogP contribution >= 0.6 is 11.3 Å². The summed E-state index contributed by atoms with van der Waals surface area (Å²) in [5.74, 6) is 0.375. The van der Waals surface area contributed by atoms with Gasteiger partial charge in [0.05, 0.1) is 5.69 Å². The summed E-state index contributed by atoms with van der Waals surface area (Å²) in [5.41, 5.74) is 6.71. The van der Waals surface area contributed by atoms with E-state index >= 15 is 0 Å². The average Bonchev–Trinajstić information content (AvgIpc) is 3.38. The van der Waals surface area contributed by atoms with Crippen LogP contribution in [0.5, 0.6) is 0 Å². The van der Waals surface area contributed by atoms with Gasteiger partial charge in [0.2, 0.25) is 5.91 Å². The molecule has 1 aromatic rings. The molecule has 136 valence electrons. The van der Waals surface area contributed by atoms with Crippen LogP contribution in [0.1, 0.15) is 60.8 Å². The minimum Gasteiger partial charge on any atom is -0.375 e. The third-order valence-electron chi connectivity index (χ3n) is 5.87. The van der Waals surface area contributed by atoms with Crippen molar-refractivity contribution in [3.8, 4) is 0 Å². The molecule has 1 saturated carbocycles. The summed E-state index contributed by atoms with van der Waals surface area (Å²) in [5, 5.41) is 0.468. The van der Waals surface area contributed by atoms with Crippen molar-refractivity contribution in [2.75, 3.05) is 25.4 Å². The van der Waals surface area contributed by atoms with Crippen LogP contribution in [0, 0.1) is 5.41 Å². The standard InChI is InChI=1S/C18H26N4O2S/c1-2-13-15(25-17(19)20-13)16(24)21-9-3-7-18(10-21)8-6-14(23)22(11-18)12-4-5-12/h12H,2-11H2,1H3,(H2,19,20)/t18-/m0/s1. The molecule has 6 nitrogen and oxygen atoms in total. The van der Waals surface area contributed by atoms with Crippen molar-refractivity contribution in [3.05, 3.63) is 10.6 Å². The predicted molar refractivity (Wildman–Crippen MR) is 97.4 cm³/mol. The van der Waals surface area contributed by atoms with Crippen molar-refractivity contribution in [2.24, 2.45) is 5.41 Å². The number of thiazole rings is 1. The van der Waals surface area contributed by atoms with Gasteiger partial charge in [0.1, 0.15) is 4.88 Å². The summed E-state index contributed by atoms with van der Waals surface area (Å²) in [6, 6.07) is 0.462. The molecule has 3 aliphatic rings. The van der Waals surface area contributed by atoms with Crippen LogP contribution in [-0.4, -0.2) is 52.3 Å². The molecule has 4 rings (SSSR count). The minimum atomic E-state index is 0.0694. The first-order valence-corrected chi connectivity index (χ1v) is 10.2. The molecule has 3 heterocycles. The molecule has 2 saturated heterocycles. The number of aromatic nitrogens is 1. The van der Waals surface area contributed by atoms with Crippen LogP contribution in [0.25, 0.3) is 0 Å². The highest BCUT2D eigenvalue weighted by molar-refractivity contribution is 7.17. The number of piperidine rings is 2. The molecular weight excluding hydrogens is 336 g/mol. The summed E-state index contributed by atoms with van der Waals surface area (Å²) in [7, 11) is 0. The number of amides is 2. The minimum absolute atomic E-state index is 0.0694. The Kier molecular flexibility index (Phi) is 4.22. The molecule has 2 amide bonds. The molecule has 2 N–H and O–H groups in total. The van der Waals surface area contributed by atoms with E-state index in [1.54, 1.807) is 0 Å². The number of carbonyl (C=O) groups excluding carboxylic acids is 2. The molecule has 1 spiro atoms. The van der Waals surface area contributed by atoms with E-state index in [9.17, 15) is 9.59 Å². The fourth-order valence-electron chi connectivity index (χ4n) is 4.40. The van der Waals surface area contributed by atoms with Gasteiger partial charge >= 0.3 is 0 Å². The first-order valence-electron chi connectivity index (χ1n) is 9.35. The molecule has 0 bridgehead atoms. The fraction of sp³-hybridized carbons (Fsp3) is 0.722. The van der Waals surface area contributed by atoms with Crippen LogP contribution in [-0.2, 0) is 11.2 Å². The van der Waals surface area contributed by atoms with E-state index in [-0.39, 0.29) is 11.3 Å². The van der Waals surface area contributed by atoms with Gasteiger partial charge in [-0.25, -0.2) is 4.98 Å². The maximum atomic E-state index is 13.1. The quantitative estimate of drug-likeness (QED) is 0.895. The molecule has 1 aromatic heterocycles. The number of anilines is 1. The molecule has 0 unspecified atom stereocenters. The Balaban J connectivity index is 1.52. The number of aryl methyl sites for hydroxylation is 1. The van der Waals surface area contributed by atoms with Gasteiger partial charge in [-0.15, -0.1) is 0 Å². The zero-order valence-corrected chi connectivity index (χ0v) is 15.6. The van der Waals surface area contributed by atoms with E-state index < -0.39 is 0 Å². The van der Waals surface area contributed by atoms with E-state index in [1.807, 2.05) is 11.8 Å². The molecule has 0 aromatic carbocycles. The number of likely N-dealkylation sites (tertiary alicyclic amines) is 2. The zero-order valence-electron chi connectivity index (χ0n) is 14.8. The first kappa shape index (κ1) is 16.8. The molecule has 1 aliphatic carbocycles. The number of nitrogens with two attached hydrogens (primary N) is 1. The number of hydrogen-bond acceptors (Lipinski definition) is 5. The van der Waals surface area contributed by atoms with Crippen molar-refractivity contribution >= 4 is 28.3 Å². The van der Waals surface area contributed by atoms with Crippen molar-refractivity contribution < 1.29 is 9.59 Å². The Morgan fingerprint density at radius 2 is 2.16 bits per heavy atom.